The maximum atomic E-state index is 12.2. The second kappa shape index (κ2) is 6.00. The molecule has 0 aromatic heterocycles. The Kier molecular flexibility index (Phi) is 4.34. The maximum Gasteiger partial charge on any atom is 0.243 e. The number of nitrogens with zero attached hydrogens (tertiary/aromatic N) is 1. The highest BCUT2D eigenvalue weighted by atomic mass is 16.5. The number of nitrogens with two attached hydrogens (primary N) is 1. The van der Waals surface area contributed by atoms with Crippen molar-refractivity contribution in [1.82, 2.24) is 0 Å². The first-order valence-corrected chi connectivity index (χ1v) is 6.49. The summed E-state index contributed by atoms with van der Waals surface area (Å²) in [7, 11) is 4.64. The van der Waals surface area contributed by atoms with Crippen molar-refractivity contribution in [3.05, 3.63) is 12.1 Å². The lowest BCUT2D eigenvalue weighted by Crippen LogP contribution is -2.48. The molecule has 1 aromatic rings. The van der Waals surface area contributed by atoms with Gasteiger partial charge in [0.1, 0.15) is 0 Å². The van der Waals surface area contributed by atoms with Gasteiger partial charge in [-0.3, -0.25) is 4.79 Å². The van der Waals surface area contributed by atoms with Gasteiger partial charge >= 0.3 is 0 Å². The Morgan fingerprint density at radius 3 is 2.25 bits per heavy atom. The first-order valence-electron chi connectivity index (χ1n) is 6.49. The van der Waals surface area contributed by atoms with Crippen molar-refractivity contribution >= 4 is 11.6 Å². The van der Waals surface area contributed by atoms with Gasteiger partial charge in [-0.1, -0.05) is 0 Å². The highest BCUT2D eigenvalue weighted by Gasteiger charge is 2.28. The third-order valence-corrected chi connectivity index (χ3v) is 3.44. The summed E-state index contributed by atoms with van der Waals surface area (Å²) in [5, 5.41) is 0. The van der Waals surface area contributed by atoms with Crippen LogP contribution in [0.25, 0.3) is 0 Å². The zero-order valence-corrected chi connectivity index (χ0v) is 12.0. The van der Waals surface area contributed by atoms with Gasteiger partial charge < -0.3 is 24.8 Å². The number of ether oxygens (including phenoxy) is 3. The van der Waals surface area contributed by atoms with E-state index in [9.17, 15) is 4.79 Å². The number of amides is 1. The average molecular weight is 280 g/mol. The van der Waals surface area contributed by atoms with Crippen LogP contribution in [0.5, 0.6) is 17.2 Å². The predicted molar refractivity (Wildman–Crippen MR) is 75.7 cm³/mol. The third-order valence-electron chi connectivity index (χ3n) is 3.44. The number of methoxy groups -OCH3 is 3. The quantitative estimate of drug-likeness (QED) is 0.896. The molecule has 6 nitrogen and oxygen atoms in total. The lowest BCUT2D eigenvalue weighted by Gasteiger charge is -2.31. The molecular formula is C14H20N2O4. The molecule has 1 fully saturated rings. The molecular weight excluding hydrogens is 260 g/mol. The molecule has 6 heteroatoms. The lowest BCUT2D eigenvalue weighted by molar-refractivity contribution is -0.120. The Hall–Kier alpha value is -1.95. The second-order valence-corrected chi connectivity index (χ2v) is 4.62. The number of hydrogen-bond donors (Lipinski definition) is 1. The largest absolute Gasteiger partial charge is 0.493 e. The van der Waals surface area contributed by atoms with E-state index >= 15 is 0 Å². The Labute approximate surface area is 118 Å². The van der Waals surface area contributed by atoms with Crippen molar-refractivity contribution < 1.29 is 19.0 Å². The van der Waals surface area contributed by atoms with Crippen LogP contribution in [0.3, 0.4) is 0 Å². The average Bonchev–Trinajstić information content (AvgIpc) is 2.48. The SMILES string of the molecule is COc1cc(N2CCCC(N)C2=O)cc(OC)c1OC. The normalized spacial score (nSPS) is 18.9. The van der Waals surface area contributed by atoms with E-state index in [2.05, 4.69) is 0 Å². The number of rotatable bonds is 4. The lowest BCUT2D eigenvalue weighted by atomic mass is 10.0. The van der Waals surface area contributed by atoms with Gasteiger partial charge in [0.25, 0.3) is 0 Å². The molecule has 0 aliphatic carbocycles. The highest BCUT2D eigenvalue weighted by molar-refractivity contribution is 5.98. The fourth-order valence-electron chi connectivity index (χ4n) is 2.38. The molecule has 0 spiro atoms. The molecule has 2 rings (SSSR count). The van der Waals surface area contributed by atoms with Crippen LogP contribution in [-0.4, -0.2) is 39.8 Å². The van der Waals surface area contributed by atoms with E-state index < -0.39 is 6.04 Å². The van der Waals surface area contributed by atoms with Crippen molar-refractivity contribution in [3.8, 4) is 17.2 Å². The number of hydrogen-bond acceptors (Lipinski definition) is 5. The molecule has 20 heavy (non-hydrogen) atoms. The highest BCUT2D eigenvalue weighted by Crippen LogP contribution is 2.41. The minimum Gasteiger partial charge on any atom is -0.493 e. The van der Waals surface area contributed by atoms with Crippen LogP contribution in [0.4, 0.5) is 5.69 Å². The minimum absolute atomic E-state index is 0.0782. The smallest absolute Gasteiger partial charge is 0.243 e. The summed E-state index contributed by atoms with van der Waals surface area (Å²) in [5.74, 6) is 1.47. The van der Waals surface area contributed by atoms with E-state index in [0.717, 1.165) is 12.8 Å². The van der Waals surface area contributed by atoms with Crippen molar-refractivity contribution in [1.29, 1.82) is 0 Å². The van der Waals surface area contributed by atoms with Crippen molar-refractivity contribution in [2.24, 2.45) is 5.73 Å². The predicted octanol–water partition coefficient (Wildman–Crippen LogP) is 1.17. The summed E-state index contributed by atoms with van der Waals surface area (Å²) >= 11 is 0. The van der Waals surface area contributed by atoms with E-state index in [1.54, 1.807) is 38.4 Å². The van der Waals surface area contributed by atoms with Crippen molar-refractivity contribution in [2.45, 2.75) is 18.9 Å². The van der Waals surface area contributed by atoms with Crippen molar-refractivity contribution in [3.63, 3.8) is 0 Å². The molecule has 1 amide bonds. The Bertz CT molecular complexity index is 479. The number of carbonyl (C=O) groups is 1. The Morgan fingerprint density at radius 1 is 1.15 bits per heavy atom. The number of carbonyl (C=O) groups excluding carboxylic acids is 1. The molecule has 1 unspecified atom stereocenters. The number of piperidine rings is 1. The van der Waals surface area contributed by atoms with Gasteiger partial charge in [-0.15, -0.1) is 0 Å². The second-order valence-electron chi connectivity index (χ2n) is 4.62. The minimum atomic E-state index is -0.442. The molecule has 1 heterocycles. The summed E-state index contributed by atoms with van der Waals surface area (Å²) in [6.45, 7) is 0.644. The first-order chi connectivity index (χ1) is 9.62. The van der Waals surface area contributed by atoms with Crippen LogP contribution < -0.4 is 24.8 Å². The zero-order valence-electron chi connectivity index (χ0n) is 12.0. The first kappa shape index (κ1) is 14.5. The molecule has 1 aliphatic heterocycles. The van der Waals surface area contributed by atoms with Crippen LogP contribution >= 0.6 is 0 Å². The molecule has 1 atom stereocenters. The maximum absolute atomic E-state index is 12.2. The third kappa shape index (κ3) is 2.51. The summed E-state index contributed by atoms with van der Waals surface area (Å²) in [6, 6.07) is 3.08. The number of benzene rings is 1. The van der Waals surface area contributed by atoms with Crippen molar-refractivity contribution in [2.75, 3.05) is 32.8 Å². The number of anilines is 1. The van der Waals surface area contributed by atoms with E-state index in [1.165, 1.54) is 0 Å². The van der Waals surface area contributed by atoms with E-state index in [1.807, 2.05) is 0 Å². The molecule has 110 valence electrons. The fraction of sp³-hybridized carbons (Fsp3) is 0.500. The molecule has 1 saturated heterocycles. The zero-order chi connectivity index (χ0) is 14.7. The van der Waals surface area contributed by atoms with E-state index in [0.29, 0.717) is 29.5 Å². The summed E-state index contributed by atoms with van der Waals surface area (Å²) in [6.07, 6.45) is 1.60. The van der Waals surface area contributed by atoms with Gasteiger partial charge in [-0.05, 0) is 12.8 Å². The van der Waals surface area contributed by atoms with Gasteiger partial charge in [-0.2, -0.15) is 0 Å². The summed E-state index contributed by atoms with van der Waals surface area (Å²) < 4.78 is 15.9. The molecule has 0 radical (unpaired) electrons. The topological polar surface area (TPSA) is 74.0 Å². The van der Waals surface area contributed by atoms with Gasteiger partial charge in [0.2, 0.25) is 11.7 Å². The van der Waals surface area contributed by atoms with Crippen LogP contribution in [0, 0.1) is 0 Å². The Morgan fingerprint density at radius 2 is 1.75 bits per heavy atom. The van der Waals surface area contributed by atoms with Gasteiger partial charge in [-0.25, -0.2) is 0 Å². The van der Waals surface area contributed by atoms with Crippen LogP contribution in [0.1, 0.15) is 12.8 Å². The van der Waals surface area contributed by atoms with Gasteiger partial charge in [0.15, 0.2) is 11.5 Å². The summed E-state index contributed by atoms with van der Waals surface area (Å²) in [5.41, 5.74) is 6.53. The fourth-order valence-corrected chi connectivity index (χ4v) is 2.38. The van der Waals surface area contributed by atoms with Crippen LogP contribution in [0.15, 0.2) is 12.1 Å². The molecule has 1 aromatic carbocycles. The van der Waals surface area contributed by atoms with Gasteiger partial charge in [0, 0.05) is 18.7 Å². The Balaban J connectivity index is 2.44. The molecule has 1 aliphatic rings. The van der Waals surface area contributed by atoms with E-state index in [4.69, 9.17) is 19.9 Å². The van der Waals surface area contributed by atoms with Crippen LogP contribution in [-0.2, 0) is 4.79 Å². The monoisotopic (exact) mass is 280 g/mol. The molecule has 0 bridgehead atoms. The van der Waals surface area contributed by atoms with E-state index in [-0.39, 0.29) is 5.91 Å². The molecule has 0 saturated carbocycles. The molecule has 2 N–H and O–H groups in total. The van der Waals surface area contributed by atoms with Crippen LogP contribution in [0.2, 0.25) is 0 Å². The standard InChI is InChI=1S/C14H20N2O4/c1-18-11-7-9(8-12(19-2)13(11)20-3)16-6-4-5-10(15)14(16)17/h7-8,10H,4-6,15H2,1-3H3. The summed E-state index contributed by atoms with van der Waals surface area (Å²) in [4.78, 5) is 13.8. The van der Waals surface area contributed by atoms with Gasteiger partial charge in [0.05, 0.1) is 33.1 Å².